The second-order valence-electron chi connectivity index (χ2n) is 2.82. The predicted octanol–water partition coefficient (Wildman–Crippen LogP) is 3.45. The molecule has 0 nitrogen and oxygen atoms in total. The van der Waals surface area contributed by atoms with E-state index in [9.17, 15) is 0 Å². The smallest absolute Gasteiger partial charge is 0.0169 e. The molecule has 0 fully saturated rings. The predicted molar refractivity (Wildman–Crippen MR) is 46.0 cm³/mol. The third kappa shape index (κ3) is 3.49. The van der Waals surface area contributed by atoms with E-state index in [2.05, 4.69) is 24.3 Å². The Labute approximate surface area is 63.6 Å². The van der Waals surface area contributed by atoms with Gasteiger partial charge in [-0.1, -0.05) is 30.7 Å². The minimum Gasteiger partial charge on any atom is -0.0882 e. The van der Waals surface area contributed by atoms with E-state index in [-0.39, 0.29) is 0 Å². The molecule has 0 saturated carbocycles. The number of hydrogen-bond acceptors (Lipinski definition) is 0. The highest BCUT2D eigenvalue weighted by molar-refractivity contribution is 4.93. The number of hydrogen-bond donors (Lipinski definition) is 0. The molecule has 0 aromatic heterocycles. The van der Waals surface area contributed by atoms with Gasteiger partial charge in [0, 0.05) is 0 Å². The molecule has 0 aromatic carbocycles. The lowest BCUT2D eigenvalue weighted by molar-refractivity contribution is 0.693. The SMILES string of the molecule is C1=C\CCCCC/C=C\C/1. The average Bonchev–Trinajstić information content (AvgIpc) is 2.01. The van der Waals surface area contributed by atoms with Gasteiger partial charge in [-0.05, 0) is 32.1 Å². The zero-order valence-electron chi connectivity index (χ0n) is 6.55. The lowest BCUT2D eigenvalue weighted by atomic mass is 10.1. The Morgan fingerprint density at radius 1 is 0.600 bits per heavy atom. The zero-order valence-corrected chi connectivity index (χ0v) is 6.55. The van der Waals surface area contributed by atoms with E-state index in [0.29, 0.717) is 0 Å². The lowest BCUT2D eigenvalue weighted by Crippen LogP contribution is -1.76. The molecule has 0 aromatic rings. The van der Waals surface area contributed by atoms with Crippen molar-refractivity contribution >= 4 is 0 Å². The van der Waals surface area contributed by atoms with Gasteiger partial charge in [-0.25, -0.2) is 0 Å². The van der Waals surface area contributed by atoms with E-state index >= 15 is 0 Å². The van der Waals surface area contributed by atoms with Gasteiger partial charge in [-0.3, -0.25) is 0 Å². The molecule has 0 atom stereocenters. The van der Waals surface area contributed by atoms with Gasteiger partial charge < -0.3 is 0 Å². The highest BCUT2D eigenvalue weighted by Crippen LogP contribution is 2.06. The fourth-order valence-corrected chi connectivity index (χ4v) is 1.21. The van der Waals surface area contributed by atoms with Crippen LogP contribution in [0.2, 0.25) is 0 Å². The zero-order chi connectivity index (χ0) is 7.07. The summed E-state index contributed by atoms with van der Waals surface area (Å²) >= 11 is 0. The van der Waals surface area contributed by atoms with Gasteiger partial charge in [0.25, 0.3) is 0 Å². The fraction of sp³-hybridized carbons (Fsp3) is 0.600. The molecule has 0 saturated heterocycles. The Hall–Kier alpha value is -0.520. The third-order valence-electron chi connectivity index (χ3n) is 1.85. The first-order valence-electron chi connectivity index (χ1n) is 4.30. The van der Waals surface area contributed by atoms with E-state index in [1.807, 2.05) is 0 Å². The minimum absolute atomic E-state index is 1.14. The normalized spacial score (nSPS) is 27.2. The Balaban J connectivity index is 2.25. The monoisotopic (exact) mass is 136 g/mol. The molecule has 1 aliphatic carbocycles. The molecular weight excluding hydrogens is 120 g/mol. The van der Waals surface area contributed by atoms with Crippen LogP contribution < -0.4 is 0 Å². The van der Waals surface area contributed by atoms with E-state index in [1.165, 1.54) is 32.1 Å². The van der Waals surface area contributed by atoms with Gasteiger partial charge in [0.2, 0.25) is 0 Å². The molecule has 1 aliphatic rings. The third-order valence-corrected chi connectivity index (χ3v) is 1.85. The minimum atomic E-state index is 1.14. The van der Waals surface area contributed by atoms with Crippen molar-refractivity contribution in [2.45, 2.75) is 38.5 Å². The summed E-state index contributed by atoms with van der Waals surface area (Å²) in [5.74, 6) is 0. The van der Waals surface area contributed by atoms with Gasteiger partial charge in [-0.15, -0.1) is 0 Å². The van der Waals surface area contributed by atoms with Gasteiger partial charge in [0.1, 0.15) is 0 Å². The summed E-state index contributed by atoms with van der Waals surface area (Å²) in [5.41, 5.74) is 0. The maximum Gasteiger partial charge on any atom is -0.0169 e. The van der Waals surface area contributed by atoms with Gasteiger partial charge in [-0.2, -0.15) is 0 Å². The first kappa shape index (κ1) is 7.59. The first-order chi connectivity index (χ1) is 5.00. The van der Waals surface area contributed by atoms with Crippen molar-refractivity contribution in [1.82, 2.24) is 0 Å². The van der Waals surface area contributed by atoms with Crippen LogP contribution in [0.1, 0.15) is 38.5 Å². The van der Waals surface area contributed by atoms with Gasteiger partial charge in [0.05, 0.1) is 0 Å². The maximum atomic E-state index is 2.30. The van der Waals surface area contributed by atoms with Crippen LogP contribution in [0.15, 0.2) is 24.3 Å². The van der Waals surface area contributed by atoms with Crippen molar-refractivity contribution in [2.24, 2.45) is 0 Å². The Bertz CT molecular complexity index is 106. The summed E-state index contributed by atoms with van der Waals surface area (Å²) in [6.45, 7) is 0. The van der Waals surface area contributed by atoms with Crippen molar-refractivity contribution in [3.8, 4) is 0 Å². The number of rotatable bonds is 0. The standard InChI is InChI=1S/C10H16/c1-2-4-6-8-10-9-7-5-3-1/h1-2,5,7H,3-4,6,8-10H2/b2-1-,7-5-. The summed E-state index contributed by atoms with van der Waals surface area (Å²) in [6, 6.07) is 0. The molecule has 0 heteroatoms. The average molecular weight is 136 g/mol. The Morgan fingerprint density at radius 3 is 1.80 bits per heavy atom. The Morgan fingerprint density at radius 2 is 1.20 bits per heavy atom. The second kappa shape index (κ2) is 5.28. The van der Waals surface area contributed by atoms with Crippen LogP contribution in [-0.4, -0.2) is 0 Å². The van der Waals surface area contributed by atoms with Crippen LogP contribution >= 0.6 is 0 Å². The molecule has 0 aliphatic heterocycles. The van der Waals surface area contributed by atoms with Crippen molar-refractivity contribution in [2.75, 3.05) is 0 Å². The summed E-state index contributed by atoms with van der Waals surface area (Å²) < 4.78 is 0. The molecule has 10 heavy (non-hydrogen) atoms. The van der Waals surface area contributed by atoms with Crippen LogP contribution in [0.3, 0.4) is 0 Å². The molecule has 0 radical (unpaired) electrons. The fourth-order valence-electron chi connectivity index (χ4n) is 1.21. The molecule has 0 amide bonds. The highest BCUT2D eigenvalue weighted by atomic mass is 13.9. The highest BCUT2D eigenvalue weighted by Gasteiger charge is 1.86. The molecule has 1 rings (SSSR count). The van der Waals surface area contributed by atoms with Crippen molar-refractivity contribution in [1.29, 1.82) is 0 Å². The van der Waals surface area contributed by atoms with E-state index in [4.69, 9.17) is 0 Å². The van der Waals surface area contributed by atoms with Gasteiger partial charge in [0.15, 0.2) is 0 Å². The van der Waals surface area contributed by atoms with Crippen molar-refractivity contribution in [3.63, 3.8) is 0 Å². The first-order valence-corrected chi connectivity index (χ1v) is 4.30. The van der Waals surface area contributed by atoms with E-state index < -0.39 is 0 Å². The molecule has 0 bridgehead atoms. The summed E-state index contributed by atoms with van der Waals surface area (Å²) in [5, 5.41) is 0. The lowest BCUT2D eigenvalue weighted by Gasteiger charge is -1.96. The van der Waals surface area contributed by atoms with E-state index in [0.717, 1.165) is 6.42 Å². The molecule has 0 unspecified atom stereocenters. The van der Waals surface area contributed by atoms with Crippen molar-refractivity contribution < 1.29 is 0 Å². The van der Waals surface area contributed by atoms with Gasteiger partial charge >= 0.3 is 0 Å². The summed E-state index contributed by atoms with van der Waals surface area (Å²) in [7, 11) is 0. The van der Waals surface area contributed by atoms with E-state index in [1.54, 1.807) is 0 Å². The van der Waals surface area contributed by atoms with Crippen LogP contribution in [0.5, 0.6) is 0 Å². The summed E-state index contributed by atoms with van der Waals surface area (Å²) in [4.78, 5) is 0. The second-order valence-corrected chi connectivity index (χ2v) is 2.82. The summed E-state index contributed by atoms with van der Waals surface area (Å²) in [6.07, 6.45) is 17.0. The molecule has 0 heterocycles. The Kier molecular flexibility index (Phi) is 4.00. The largest absolute Gasteiger partial charge is 0.0882 e. The topological polar surface area (TPSA) is 0 Å². The van der Waals surface area contributed by atoms with Crippen LogP contribution in [0.25, 0.3) is 0 Å². The molecular formula is C10H16. The van der Waals surface area contributed by atoms with Crippen LogP contribution in [0, 0.1) is 0 Å². The van der Waals surface area contributed by atoms with Crippen LogP contribution in [0.4, 0.5) is 0 Å². The number of allylic oxidation sites excluding steroid dienone is 4. The van der Waals surface area contributed by atoms with Crippen LogP contribution in [-0.2, 0) is 0 Å². The maximum absolute atomic E-state index is 2.30. The molecule has 0 N–H and O–H groups in total. The van der Waals surface area contributed by atoms with Crippen molar-refractivity contribution in [3.05, 3.63) is 24.3 Å². The molecule has 56 valence electrons. The molecule has 0 spiro atoms. The quantitative estimate of drug-likeness (QED) is 0.447.